The summed E-state index contributed by atoms with van der Waals surface area (Å²) >= 11 is 0. The number of para-hydroxylation sites is 1. The van der Waals surface area contributed by atoms with E-state index in [9.17, 15) is 19.5 Å². The molecule has 0 fully saturated rings. The number of benzene rings is 2. The molecule has 0 saturated heterocycles. The Kier molecular flexibility index (Phi) is 8.31. The molecule has 0 bridgehead atoms. The number of carbonyl (C=O) groups is 3. The van der Waals surface area contributed by atoms with Gasteiger partial charge >= 0.3 is 6.09 Å². The van der Waals surface area contributed by atoms with Crippen LogP contribution in [-0.2, 0) is 14.3 Å². The lowest BCUT2D eigenvalue weighted by atomic mass is 9.96. The van der Waals surface area contributed by atoms with Gasteiger partial charge in [0.25, 0.3) is 5.91 Å². The van der Waals surface area contributed by atoms with E-state index in [1.807, 2.05) is 25.1 Å². The van der Waals surface area contributed by atoms with Crippen LogP contribution in [0.1, 0.15) is 58.7 Å². The Hall–Kier alpha value is -3.55. The molecule has 0 aliphatic carbocycles. The predicted molar refractivity (Wildman–Crippen MR) is 131 cm³/mol. The molecule has 0 saturated carbocycles. The van der Waals surface area contributed by atoms with E-state index in [4.69, 9.17) is 4.74 Å². The van der Waals surface area contributed by atoms with Crippen molar-refractivity contribution in [2.45, 2.75) is 65.6 Å². The molecule has 2 aromatic carbocycles. The third-order valence-corrected chi connectivity index (χ3v) is 4.87. The Balaban J connectivity index is 2.42. The van der Waals surface area contributed by atoms with Crippen LogP contribution in [0.25, 0.3) is 0 Å². The number of ether oxygens (including phenoxy) is 1. The first-order valence-corrected chi connectivity index (χ1v) is 11.1. The maximum absolute atomic E-state index is 13.6. The fourth-order valence-corrected chi connectivity index (χ4v) is 3.48. The van der Waals surface area contributed by atoms with Gasteiger partial charge in [-0.1, -0.05) is 30.3 Å². The monoisotopic (exact) mass is 469 g/mol. The van der Waals surface area contributed by atoms with Gasteiger partial charge in [0.2, 0.25) is 5.91 Å². The number of phenols is 1. The van der Waals surface area contributed by atoms with E-state index in [-0.39, 0.29) is 12.3 Å². The van der Waals surface area contributed by atoms with Gasteiger partial charge in [0.1, 0.15) is 23.9 Å². The van der Waals surface area contributed by atoms with E-state index in [0.717, 1.165) is 5.56 Å². The standard InChI is InChI=1S/C26H35N3O5/c1-17-11-8-9-14-20(17)28-23(32)22(18-12-10-13-19(30)15-18)29(25(2,3)4)21(31)16-27-24(33)34-26(5,6)7/h8-15,22,30H,16H2,1-7H3,(H,27,33)(H,28,32). The van der Waals surface area contributed by atoms with Gasteiger partial charge in [0.05, 0.1) is 0 Å². The lowest BCUT2D eigenvalue weighted by Gasteiger charge is -2.41. The normalized spacial score (nSPS) is 12.4. The lowest BCUT2D eigenvalue weighted by molar-refractivity contribution is -0.144. The highest BCUT2D eigenvalue weighted by molar-refractivity contribution is 5.99. The molecule has 1 unspecified atom stereocenters. The molecular weight excluding hydrogens is 434 g/mol. The SMILES string of the molecule is Cc1ccccc1NC(=O)C(c1cccc(O)c1)N(C(=O)CNC(=O)OC(C)(C)C)C(C)(C)C. The molecular formula is C26H35N3O5. The van der Waals surface area contributed by atoms with Crippen LogP contribution in [0.4, 0.5) is 10.5 Å². The Morgan fingerprint density at radius 2 is 1.65 bits per heavy atom. The molecule has 0 spiro atoms. The zero-order chi connectivity index (χ0) is 25.7. The molecule has 2 aromatic rings. The highest BCUT2D eigenvalue weighted by Gasteiger charge is 2.39. The van der Waals surface area contributed by atoms with Crippen LogP contribution in [0.3, 0.4) is 0 Å². The summed E-state index contributed by atoms with van der Waals surface area (Å²) in [6.45, 7) is 12.1. The first-order chi connectivity index (χ1) is 15.7. The third-order valence-electron chi connectivity index (χ3n) is 4.87. The second-order valence-corrected chi connectivity index (χ2v) is 10.1. The second kappa shape index (κ2) is 10.6. The van der Waals surface area contributed by atoms with Crippen LogP contribution < -0.4 is 10.6 Å². The molecule has 3 amide bonds. The molecule has 8 nitrogen and oxygen atoms in total. The van der Waals surface area contributed by atoms with Gasteiger partial charge in [-0.05, 0) is 77.8 Å². The number of hydrogen-bond donors (Lipinski definition) is 3. The van der Waals surface area contributed by atoms with Crippen molar-refractivity contribution >= 4 is 23.6 Å². The van der Waals surface area contributed by atoms with Gasteiger partial charge < -0.3 is 25.4 Å². The number of phenolic OH excluding ortho intramolecular Hbond substituents is 1. The van der Waals surface area contributed by atoms with Crippen LogP contribution in [0.5, 0.6) is 5.75 Å². The third kappa shape index (κ3) is 7.50. The molecule has 2 rings (SSSR count). The first kappa shape index (κ1) is 26.7. The number of aromatic hydroxyl groups is 1. The minimum Gasteiger partial charge on any atom is -0.508 e. The van der Waals surface area contributed by atoms with Gasteiger partial charge in [-0.2, -0.15) is 0 Å². The van der Waals surface area contributed by atoms with Gasteiger partial charge in [0, 0.05) is 11.2 Å². The Morgan fingerprint density at radius 1 is 1.00 bits per heavy atom. The number of nitrogens with one attached hydrogen (secondary N) is 2. The van der Waals surface area contributed by atoms with Crippen molar-refractivity contribution in [2.75, 3.05) is 11.9 Å². The molecule has 184 valence electrons. The maximum atomic E-state index is 13.6. The van der Waals surface area contributed by atoms with Crippen LogP contribution in [0, 0.1) is 6.92 Å². The summed E-state index contributed by atoms with van der Waals surface area (Å²) in [7, 11) is 0. The minimum atomic E-state index is -1.07. The molecule has 34 heavy (non-hydrogen) atoms. The molecule has 0 aliphatic rings. The van der Waals surface area contributed by atoms with Crippen LogP contribution in [0.2, 0.25) is 0 Å². The zero-order valence-electron chi connectivity index (χ0n) is 20.9. The summed E-state index contributed by atoms with van der Waals surface area (Å²) in [5.74, 6) is -0.952. The number of carbonyl (C=O) groups excluding carboxylic acids is 3. The molecule has 1 atom stereocenters. The van der Waals surface area contributed by atoms with E-state index in [1.165, 1.54) is 17.0 Å². The van der Waals surface area contributed by atoms with Crippen molar-refractivity contribution in [3.8, 4) is 5.75 Å². The predicted octanol–water partition coefficient (Wildman–Crippen LogP) is 4.53. The fraction of sp³-hybridized carbons (Fsp3) is 0.423. The minimum absolute atomic E-state index is 0.0284. The van der Waals surface area contributed by atoms with Crippen molar-refractivity contribution < 1.29 is 24.2 Å². The summed E-state index contributed by atoms with van der Waals surface area (Å²) in [5, 5.41) is 15.5. The van der Waals surface area contributed by atoms with Crippen molar-refractivity contribution in [3.05, 3.63) is 59.7 Å². The maximum Gasteiger partial charge on any atom is 0.408 e. The second-order valence-electron chi connectivity index (χ2n) is 10.1. The van der Waals surface area contributed by atoms with E-state index >= 15 is 0 Å². The van der Waals surface area contributed by atoms with Gasteiger partial charge in [0.15, 0.2) is 0 Å². The molecule has 3 N–H and O–H groups in total. The molecule has 0 radical (unpaired) electrons. The molecule has 8 heteroatoms. The lowest BCUT2D eigenvalue weighted by Crippen LogP contribution is -2.54. The van der Waals surface area contributed by atoms with Crippen LogP contribution in [0.15, 0.2) is 48.5 Å². The number of anilines is 1. The fourth-order valence-electron chi connectivity index (χ4n) is 3.48. The Bertz CT molecular complexity index is 1040. The van der Waals surface area contributed by atoms with Crippen molar-refractivity contribution in [3.63, 3.8) is 0 Å². The van der Waals surface area contributed by atoms with Crippen molar-refractivity contribution in [1.82, 2.24) is 10.2 Å². The topological polar surface area (TPSA) is 108 Å². The largest absolute Gasteiger partial charge is 0.508 e. The number of rotatable bonds is 6. The van der Waals surface area contributed by atoms with E-state index in [0.29, 0.717) is 11.3 Å². The van der Waals surface area contributed by atoms with E-state index in [1.54, 1.807) is 59.7 Å². The van der Waals surface area contributed by atoms with Gasteiger partial charge in [-0.3, -0.25) is 9.59 Å². The van der Waals surface area contributed by atoms with Crippen LogP contribution in [-0.4, -0.2) is 45.6 Å². The average Bonchev–Trinajstić information content (AvgIpc) is 2.69. The summed E-state index contributed by atoms with van der Waals surface area (Å²) in [6.07, 6.45) is -0.729. The first-order valence-electron chi connectivity index (χ1n) is 11.1. The number of amides is 3. The number of alkyl carbamates (subject to hydrolysis) is 1. The van der Waals surface area contributed by atoms with E-state index in [2.05, 4.69) is 10.6 Å². The van der Waals surface area contributed by atoms with E-state index < -0.39 is 35.1 Å². The molecule has 0 aliphatic heterocycles. The quantitative estimate of drug-likeness (QED) is 0.576. The summed E-state index contributed by atoms with van der Waals surface area (Å²) in [4.78, 5) is 40.5. The van der Waals surface area contributed by atoms with Crippen molar-refractivity contribution in [2.24, 2.45) is 0 Å². The van der Waals surface area contributed by atoms with Gasteiger partial charge in [-0.15, -0.1) is 0 Å². The summed E-state index contributed by atoms with van der Waals surface area (Å²) in [6, 6.07) is 12.5. The summed E-state index contributed by atoms with van der Waals surface area (Å²) in [5.41, 5.74) is 0.406. The highest BCUT2D eigenvalue weighted by atomic mass is 16.6. The average molecular weight is 470 g/mol. The molecule has 0 aromatic heterocycles. The number of hydrogen-bond acceptors (Lipinski definition) is 5. The Morgan fingerprint density at radius 3 is 2.21 bits per heavy atom. The smallest absolute Gasteiger partial charge is 0.408 e. The highest BCUT2D eigenvalue weighted by Crippen LogP contribution is 2.32. The number of nitrogens with zero attached hydrogens (tertiary/aromatic N) is 1. The molecule has 0 heterocycles. The van der Waals surface area contributed by atoms with Crippen molar-refractivity contribution in [1.29, 1.82) is 0 Å². The van der Waals surface area contributed by atoms with Gasteiger partial charge in [-0.25, -0.2) is 4.79 Å². The number of aryl methyl sites for hydroxylation is 1. The Labute approximate surface area is 201 Å². The van der Waals surface area contributed by atoms with Crippen LogP contribution >= 0.6 is 0 Å². The zero-order valence-corrected chi connectivity index (χ0v) is 20.9. The summed E-state index contributed by atoms with van der Waals surface area (Å²) < 4.78 is 5.22.